The minimum absolute atomic E-state index is 0.0842. The van der Waals surface area contributed by atoms with E-state index >= 15 is 0 Å². The van der Waals surface area contributed by atoms with Crippen molar-refractivity contribution in [1.29, 1.82) is 0 Å². The van der Waals surface area contributed by atoms with Gasteiger partial charge in [0.1, 0.15) is 0 Å². The van der Waals surface area contributed by atoms with Crippen molar-refractivity contribution < 1.29 is 9.21 Å². The zero-order valence-electron chi connectivity index (χ0n) is 7.98. The molecule has 0 atom stereocenters. The summed E-state index contributed by atoms with van der Waals surface area (Å²) in [5.74, 6) is 6.29. The van der Waals surface area contributed by atoms with Gasteiger partial charge in [-0.1, -0.05) is 0 Å². The molecule has 0 saturated carbocycles. The third-order valence-electron chi connectivity index (χ3n) is 2.66. The van der Waals surface area contributed by atoms with Crippen molar-refractivity contribution in [2.45, 2.75) is 12.8 Å². The first-order valence-corrected chi connectivity index (χ1v) is 4.85. The normalized spacial score (nSPS) is 19.8. The molecule has 0 radical (unpaired) electrons. The Morgan fingerprint density at radius 3 is 2.79 bits per heavy atom. The zero-order valence-corrected chi connectivity index (χ0v) is 7.98. The van der Waals surface area contributed by atoms with Gasteiger partial charge in [0.05, 0.1) is 6.26 Å². The first kappa shape index (κ1) is 9.43. The fourth-order valence-electron chi connectivity index (χ4n) is 1.78. The molecule has 1 aliphatic heterocycles. The molecule has 2 heterocycles. The van der Waals surface area contributed by atoms with Gasteiger partial charge in [0.2, 0.25) is 5.78 Å². The summed E-state index contributed by atoms with van der Waals surface area (Å²) in [7, 11) is 0. The van der Waals surface area contributed by atoms with Crippen LogP contribution in [-0.4, -0.2) is 23.9 Å². The van der Waals surface area contributed by atoms with Gasteiger partial charge in [0.15, 0.2) is 5.76 Å². The molecule has 0 aromatic carbocycles. The average Bonchev–Trinajstić information content (AvgIpc) is 2.71. The van der Waals surface area contributed by atoms with E-state index in [9.17, 15) is 4.79 Å². The quantitative estimate of drug-likeness (QED) is 0.564. The highest BCUT2D eigenvalue weighted by Gasteiger charge is 2.25. The van der Waals surface area contributed by atoms with Crippen LogP contribution in [-0.2, 0) is 0 Å². The van der Waals surface area contributed by atoms with E-state index in [-0.39, 0.29) is 11.7 Å². The van der Waals surface area contributed by atoms with Crippen LogP contribution in [0.4, 0.5) is 0 Å². The number of carbonyl (C=O) groups excluding carboxylic acids is 1. The van der Waals surface area contributed by atoms with Gasteiger partial charge in [-0.25, -0.2) is 5.01 Å². The second-order valence-corrected chi connectivity index (χ2v) is 3.65. The molecule has 0 bridgehead atoms. The highest BCUT2D eigenvalue weighted by atomic mass is 16.3. The number of furan rings is 1. The fraction of sp³-hybridized carbons (Fsp3) is 0.500. The van der Waals surface area contributed by atoms with Gasteiger partial charge in [-0.05, 0) is 25.0 Å². The van der Waals surface area contributed by atoms with Gasteiger partial charge >= 0.3 is 0 Å². The molecule has 2 rings (SSSR count). The second-order valence-electron chi connectivity index (χ2n) is 3.65. The number of nitrogens with two attached hydrogens (primary N) is 1. The van der Waals surface area contributed by atoms with Crippen LogP contribution >= 0.6 is 0 Å². The van der Waals surface area contributed by atoms with E-state index in [1.165, 1.54) is 6.26 Å². The van der Waals surface area contributed by atoms with Crippen molar-refractivity contribution in [3.05, 3.63) is 24.2 Å². The van der Waals surface area contributed by atoms with E-state index in [0.29, 0.717) is 5.76 Å². The lowest BCUT2D eigenvalue weighted by atomic mass is 9.92. The fourth-order valence-corrected chi connectivity index (χ4v) is 1.78. The second kappa shape index (κ2) is 3.94. The Morgan fingerprint density at radius 1 is 1.50 bits per heavy atom. The summed E-state index contributed by atoms with van der Waals surface area (Å²) in [6.07, 6.45) is 3.19. The van der Waals surface area contributed by atoms with Crippen molar-refractivity contribution in [2.75, 3.05) is 13.1 Å². The summed E-state index contributed by atoms with van der Waals surface area (Å²) in [6.45, 7) is 1.58. The Kier molecular flexibility index (Phi) is 2.65. The Labute approximate surface area is 82.6 Å². The van der Waals surface area contributed by atoms with E-state index in [1.54, 1.807) is 17.1 Å². The van der Waals surface area contributed by atoms with E-state index in [1.807, 2.05) is 0 Å². The molecule has 1 aromatic rings. The molecule has 0 aliphatic carbocycles. The number of hydrogen-bond donors (Lipinski definition) is 1. The van der Waals surface area contributed by atoms with Crippen molar-refractivity contribution in [3.8, 4) is 0 Å². The van der Waals surface area contributed by atoms with Crippen molar-refractivity contribution in [3.63, 3.8) is 0 Å². The molecule has 76 valence electrons. The van der Waals surface area contributed by atoms with E-state index < -0.39 is 0 Å². The van der Waals surface area contributed by atoms with Gasteiger partial charge in [-0.2, -0.15) is 0 Å². The van der Waals surface area contributed by atoms with Crippen LogP contribution in [0.2, 0.25) is 0 Å². The van der Waals surface area contributed by atoms with Gasteiger partial charge < -0.3 is 4.42 Å². The minimum Gasteiger partial charge on any atom is -0.461 e. The largest absolute Gasteiger partial charge is 0.461 e. The first-order valence-electron chi connectivity index (χ1n) is 4.85. The maximum absolute atomic E-state index is 11.8. The number of Topliss-reactive ketones (excluding diaryl/α,β-unsaturated/α-hetero) is 1. The number of ketones is 1. The molecule has 2 N–H and O–H groups in total. The van der Waals surface area contributed by atoms with Crippen LogP contribution in [0.3, 0.4) is 0 Å². The highest BCUT2D eigenvalue weighted by molar-refractivity contribution is 5.95. The van der Waals surface area contributed by atoms with E-state index in [2.05, 4.69) is 0 Å². The summed E-state index contributed by atoms with van der Waals surface area (Å²) in [4.78, 5) is 11.8. The van der Waals surface area contributed by atoms with Crippen molar-refractivity contribution in [2.24, 2.45) is 11.8 Å². The number of carbonyl (C=O) groups is 1. The number of hydrogen-bond acceptors (Lipinski definition) is 4. The molecule has 0 amide bonds. The van der Waals surface area contributed by atoms with Crippen LogP contribution in [0.1, 0.15) is 23.4 Å². The van der Waals surface area contributed by atoms with Gasteiger partial charge in [-0.3, -0.25) is 10.6 Å². The van der Waals surface area contributed by atoms with Crippen LogP contribution in [0.25, 0.3) is 0 Å². The smallest absolute Gasteiger partial charge is 0.201 e. The minimum atomic E-state index is 0.0842. The third kappa shape index (κ3) is 1.86. The molecule has 1 aromatic heterocycles. The molecule has 1 saturated heterocycles. The third-order valence-corrected chi connectivity index (χ3v) is 2.66. The zero-order chi connectivity index (χ0) is 9.97. The summed E-state index contributed by atoms with van der Waals surface area (Å²) >= 11 is 0. The topological polar surface area (TPSA) is 59.5 Å². The summed E-state index contributed by atoms with van der Waals surface area (Å²) in [5.41, 5.74) is 0. The lowest BCUT2D eigenvalue weighted by molar-refractivity contribution is 0.0812. The summed E-state index contributed by atoms with van der Waals surface area (Å²) in [6, 6.07) is 3.46. The maximum Gasteiger partial charge on any atom is 0.201 e. The molecule has 4 heteroatoms. The van der Waals surface area contributed by atoms with Gasteiger partial charge in [-0.15, -0.1) is 0 Å². The monoisotopic (exact) mass is 194 g/mol. The molecular weight excluding hydrogens is 180 g/mol. The van der Waals surface area contributed by atoms with Crippen molar-refractivity contribution >= 4 is 5.78 Å². The maximum atomic E-state index is 11.8. The SMILES string of the molecule is NN1CCC(C(=O)c2ccco2)CC1. The Morgan fingerprint density at radius 2 is 2.21 bits per heavy atom. The number of rotatable bonds is 2. The van der Waals surface area contributed by atoms with Crippen molar-refractivity contribution in [1.82, 2.24) is 5.01 Å². The van der Waals surface area contributed by atoms with Crippen LogP contribution in [0, 0.1) is 5.92 Å². The van der Waals surface area contributed by atoms with Crippen LogP contribution in [0.5, 0.6) is 0 Å². The Balaban J connectivity index is 1.99. The lowest BCUT2D eigenvalue weighted by Gasteiger charge is -2.26. The standard InChI is InChI=1S/C10H14N2O2/c11-12-5-3-8(4-6-12)10(13)9-2-1-7-14-9/h1-2,7-8H,3-6,11H2. The summed E-state index contributed by atoms with van der Waals surface area (Å²) < 4.78 is 5.08. The molecule has 14 heavy (non-hydrogen) atoms. The Bertz CT molecular complexity index is 300. The van der Waals surface area contributed by atoms with Gasteiger partial charge in [0, 0.05) is 19.0 Å². The van der Waals surface area contributed by atoms with Gasteiger partial charge in [0.25, 0.3) is 0 Å². The number of nitrogens with zero attached hydrogens (tertiary/aromatic N) is 1. The number of piperidine rings is 1. The first-order chi connectivity index (χ1) is 6.77. The average molecular weight is 194 g/mol. The molecule has 1 aliphatic rings. The van der Waals surface area contributed by atoms with Crippen LogP contribution in [0.15, 0.2) is 22.8 Å². The van der Waals surface area contributed by atoms with Crippen LogP contribution < -0.4 is 5.84 Å². The lowest BCUT2D eigenvalue weighted by Crippen LogP contribution is -2.40. The van der Waals surface area contributed by atoms with E-state index in [0.717, 1.165) is 25.9 Å². The molecule has 1 fully saturated rings. The molecular formula is C10H14N2O2. The molecule has 0 spiro atoms. The highest BCUT2D eigenvalue weighted by Crippen LogP contribution is 2.20. The number of hydrazine groups is 1. The molecule has 0 unspecified atom stereocenters. The molecule has 4 nitrogen and oxygen atoms in total. The Hall–Kier alpha value is -1.13. The predicted octanol–water partition coefficient (Wildman–Crippen LogP) is 1.05. The summed E-state index contributed by atoms with van der Waals surface area (Å²) in [5, 5.41) is 1.76. The van der Waals surface area contributed by atoms with E-state index in [4.69, 9.17) is 10.3 Å². The predicted molar refractivity (Wildman–Crippen MR) is 51.5 cm³/mol.